The molecule has 0 aliphatic heterocycles. The Morgan fingerprint density at radius 1 is 1.14 bits per heavy atom. The molecule has 4 N–H and O–H groups in total. The quantitative estimate of drug-likeness (QED) is 0.480. The Morgan fingerprint density at radius 2 is 1.86 bits per heavy atom. The van der Waals surface area contributed by atoms with Gasteiger partial charge in [0.25, 0.3) is 0 Å². The van der Waals surface area contributed by atoms with Crippen LogP contribution < -0.4 is 10.6 Å². The molecule has 0 unspecified atom stereocenters. The molecule has 9 heteroatoms. The van der Waals surface area contributed by atoms with Gasteiger partial charge in [0.05, 0.1) is 5.69 Å². The summed E-state index contributed by atoms with van der Waals surface area (Å²) in [5, 5.41) is 15.7. The molecule has 0 fully saturated rings. The van der Waals surface area contributed by atoms with Crippen LogP contribution in [0.5, 0.6) is 0 Å². The summed E-state index contributed by atoms with van der Waals surface area (Å²) in [5.74, 6) is -1.82. The van der Waals surface area contributed by atoms with Crippen molar-refractivity contribution in [2.45, 2.75) is 32.6 Å². The molecule has 28 heavy (non-hydrogen) atoms. The molecule has 0 aliphatic carbocycles. The third kappa shape index (κ3) is 4.37. The Bertz CT molecular complexity index is 1040. The van der Waals surface area contributed by atoms with E-state index in [4.69, 9.17) is 0 Å². The number of amides is 2. The average Bonchev–Trinajstić information content (AvgIpc) is 3.27. The highest BCUT2D eigenvalue weighted by Gasteiger charge is 2.20. The zero-order valence-corrected chi connectivity index (χ0v) is 16.2. The molecular formula is C19H20N4O4S. The standard InChI is InChI=1S/C19H20N4O4S/c1-10(2)17-16(18(26)27)23-19(28-17)22-15(25)7-6-14(24)21-13-5-3-4-12-11(13)8-9-20-12/h3-5,8-10,20H,6-7H2,1-2H3,(H,21,24)(H,26,27)(H,22,23,25). The van der Waals surface area contributed by atoms with Crippen LogP contribution in [0.3, 0.4) is 0 Å². The van der Waals surface area contributed by atoms with E-state index in [0.717, 1.165) is 22.2 Å². The number of carbonyl (C=O) groups is 3. The minimum atomic E-state index is -1.13. The average molecular weight is 400 g/mol. The molecule has 0 aliphatic rings. The molecule has 1 aromatic carbocycles. The summed E-state index contributed by atoms with van der Waals surface area (Å²) >= 11 is 1.14. The highest BCUT2D eigenvalue weighted by molar-refractivity contribution is 7.16. The first-order valence-electron chi connectivity index (χ1n) is 8.75. The molecule has 2 heterocycles. The second-order valence-corrected chi connectivity index (χ2v) is 7.56. The van der Waals surface area contributed by atoms with Crippen molar-refractivity contribution in [3.05, 3.63) is 41.0 Å². The molecule has 8 nitrogen and oxygen atoms in total. The summed E-state index contributed by atoms with van der Waals surface area (Å²) < 4.78 is 0. The fourth-order valence-corrected chi connectivity index (χ4v) is 3.72. The molecule has 0 atom stereocenters. The number of nitrogens with one attached hydrogen (secondary N) is 3. The third-order valence-electron chi connectivity index (χ3n) is 4.07. The number of H-pyrrole nitrogens is 1. The summed E-state index contributed by atoms with van der Waals surface area (Å²) in [6.45, 7) is 3.72. The van der Waals surface area contributed by atoms with Gasteiger partial charge in [0.15, 0.2) is 10.8 Å². The Kier molecular flexibility index (Phi) is 5.74. The van der Waals surface area contributed by atoms with Gasteiger partial charge in [0.2, 0.25) is 11.8 Å². The second kappa shape index (κ2) is 8.22. The number of aromatic amines is 1. The van der Waals surface area contributed by atoms with E-state index in [2.05, 4.69) is 20.6 Å². The lowest BCUT2D eigenvalue weighted by Crippen LogP contribution is -2.17. The van der Waals surface area contributed by atoms with E-state index in [0.29, 0.717) is 10.6 Å². The van der Waals surface area contributed by atoms with Crippen molar-refractivity contribution in [3.63, 3.8) is 0 Å². The number of carboxylic acid groups (broad SMARTS) is 1. The molecule has 0 radical (unpaired) electrons. The van der Waals surface area contributed by atoms with Gasteiger partial charge in [-0.15, -0.1) is 11.3 Å². The molecular weight excluding hydrogens is 380 g/mol. The fourth-order valence-electron chi connectivity index (χ4n) is 2.75. The first kappa shape index (κ1) is 19.6. The largest absolute Gasteiger partial charge is 0.476 e. The molecule has 0 bridgehead atoms. The van der Waals surface area contributed by atoms with Crippen LogP contribution in [0.15, 0.2) is 30.5 Å². The van der Waals surface area contributed by atoms with Crippen molar-refractivity contribution < 1.29 is 19.5 Å². The van der Waals surface area contributed by atoms with Gasteiger partial charge < -0.3 is 20.7 Å². The van der Waals surface area contributed by atoms with E-state index in [1.165, 1.54) is 0 Å². The molecule has 3 aromatic rings. The number of fused-ring (bicyclic) bond motifs is 1. The van der Waals surface area contributed by atoms with Crippen molar-refractivity contribution in [1.82, 2.24) is 9.97 Å². The van der Waals surface area contributed by atoms with Crippen molar-refractivity contribution in [2.75, 3.05) is 10.6 Å². The Morgan fingerprint density at radius 3 is 2.50 bits per heavy atom. The van der Waals surface area contributed by atoms with Crippen molar-refractivity contribution in [1.29, 1.82) is 0 Å². The lowest BCUT2D eigenvalue weighted by molar-refractivity contribution is -0.121. The fraction of sp³-hybridized carbons (Fsp3) is 0.263. The Balaban J connectivity index is 1.57. The van der Waals surface area contributed by atoms with Crippen LogP contribution in [0.25, 0.3) is 10.9 Å². The Hall–Kier alpha value is -3.20. The second-order valence-electron chi connectivity index (χ2n) is 6.53. The van der Waals surface area contributed by atoms with Crippen molar-refractivity contribution in [2.24, 2.45) is 0 Å². The van der Waals surface area contributed by atoms with Crippen LogP contribution in [0.4, 0.5) is 10.8 Å². The summed E-state index contributed by atoms with van der Waals surface area (Å²) in [4.78, 5) is 43.2. The SMILES string of the molecule is CC(C)c1sc(NC(=O)CCC(=O)Nc2cccc3[nH]ccc23)nc1C(=O)O. The lowest BCUT2D eigenvalue weighted by atomic mass is 10.1. The molecule has 146 valence electrons. The number of aromatic nitrogens is 2. The predicted molar refractivity (Wildman–Crippen MR) is 108 cm³/mol. The summed E-state index contributed by atoms with van der Waals surface area (Å²) in [6.07, 6.45) is 1.76. The first-order chi connectivity index (χ1) is 13.3. The number of hydrogen-bond donors (Lipinski definition) is 4. The monoisotopic (exact) mass is 400 g/mol. The third-order valence-corrected chi connectivity index (χ3v) is 5.35. The predicted octanol–water partition coefficient (Wildman–Crippen LogP) is 3.80. The zero-order valence-electron chi connectivity index (χ0n) is 15.4. The van der Waals surface area contributed by atoms with Crippen molar-refractivity contribution >= 4 is 50.8 Å². The normalized spacial score (nSPS) is 11.0. The number of carbonyl (C=O) groups excluding carboxylic acids is 2. The van der Waals surface area contributed by atoms with Gasteiger partial charge in [-0.2, -0.15) is 0 Å². The number of hydrogen-bond acceptors (Lipinski definition) is 5. The molecule has 2 aromatic heterocycles. The van der Waals surface area contributed by atoms with Crippen LogP contribution in [0.1, 0.15) is 48.0 Å². The van der Waals surface area contributed by atoms with Gasteiger partial charge in [-0.05, 0) is 24.1 Å². The van der Waals surface area contributed by atoms with Crippen LogP contribution in [0, 0.1) is 0 Å². The number of anilines is 2. The van der Waals surface area contributed by atoms with Crippen molar-refractivity contribution in [3.8, 4) is 0 Å². The van der Waals surface area contributed by atoms with Gasteiger partial charge in [0.1, 0.15) is 0 Å². The highest BCUT2D eigenvalue weighted by atomic mass is 32.1. The summed E-state index contributed by atoms with van der Waals surface area (Å²) in [7, 11) is 0. The zero-order chi connectivity index (χ0) is 20.3. The van der Waals surface area contributed by atoms with Gasteiger partial charge in [-0.1, -0.05) is 19.9 Å². The summed E-state index contributed by atoms with van der Waals surface area (Å²) in [5.41, 5.74) is 1.54. The number of nitrogens with zero attached hydrogens (tertiary/aromatic N) is 1. The van der Waals surface area contributed by atoms with Gasteiger partial charge in [-0.3, -0.25) is 9.59 Å². The van der Waals surface area contributed by atoms with E-state index in [9.17, 15) is 19.5 Å². The molecule has 3 rings (SSSR count). The molecule has 0 saturated heterocycles. The Labute approximate surface area is 165 Å². The molecule has 2 amide bonds. The van der Waals surface area contributed by atoms with Gasteiger partial charge in [-0.25, -0.2) is 9.78 Å². The van der Waals surface area contributed by atoms with E-state index < -0.39 is 11.9 Å². The minimum absolute atomic E-state index is 0.000838. The summed E-state index contributed by atoms with van der Waals surface area (Å²) in [6, 6.07) is 7.40. The van der Waals surface area contributed by atoms with E-state index in [1.54, 1.807) is 12.3 Å². The highest BCUT2D eigenvalue weighted by Crippen LogP contribution is 2.30. The van der Waals surface area contributed by atoms with E-state index >= 15 is 0 Å². The van der Waals surface area contributed by atoms with Crippen LogP contribution >= 0.6 is 11.3 Å². The smallest absolute Gasteiger partial charge is 0.355 e. The number of benzene rings is 1. The van der Waals surface area contributed by atoms with Gasteiger partial charge >= 0.3 is 5.97 Å². The maximum Gasteiger partial charge on any atom is 0.355 e. The molecule has 0 spiro atoms. The number of rotatable bonds is 7. The van der Waals surface area contributed by atoms with Crippen LogP contribution in [0.2, 0.25) is 0 Å². The van der Waals surface area contributed by atoms with Crippen LogP contribution in [-0.2, 0) is 9.59 Å². The maximum atomic E-state index is 12.2. The topological polar surface area (TPSA) is 124 Å². The lowest BCUT2D eigenvalue weighted by Gasteiger charge is -2.06. The van der Waals surface area contributed by atoms with E-state index in [-0.39, 0.29) is 35.5 Å². The number of thiazole rings is 1. The molecule has 0 saturated carbocycles. The first-order valence-corrected chi connectivity index (χ1v) is 9.56. The number of carboxylic acids is 1. The maximum absolute atomic E-state index is 12.2. The minimum Gasteiger partial charge on any atom is -0.476 e. The number of aromatic carboxylic acids is 1. The van der Waals surface area contributed by atoms with Crippen LogP contribution in [-0.4, -0.2) is 32.9 Å². The van der Waals surface area contributed by atoms with Gasteiger partial charge in [0, 0.05) is 34.8 Å². The van der Waals surface area contributed by atoms with E-state index in [1.807, 2.05) is 32.0 Å².